The molecule has 4 unspecified atom stereocenters. The first-order chi connectivity index (χ1) is 12.0. The average molecular weight is 401 g/mol. The third-order valence-electron chi connectivity index (χ3n) is 5.08. The van der Waals surface area contributed by atoms with Crippen molar-refractivity contribution < 1.29 is 8.42 Å². The van der Waals surface area contributed by atoms with Crippen LogP contribution in [0, 0.1) is 0 Å². The predicted octanol–water partition coefficient (Wildman–Crippen LogP) is 3.06. The zero-order valence-corrected chi connectivity index (χ0v) is 17.4. The van der Waals surface area contributed by atoms with E-state index in [4.69, 9.17) is 0 Å². The monoisotopic (exact) mass is 400 g/mol. The van der Waals surface area contributed by atoms with Crippen molar-refractivity contribution in [1.82, 2.24) is 10.6 Å². The van der Waals surface area contributed by atoms with Crippen molar-refractivity contribution in [3.05, 3.63) is 29.8 Å². The molecule has 0 aliphatic carbocycles. The third-order valence-corrected chi connectivity index (χ3v) is 8.72. The van der Waals surface area contributed by atoms with Gasteiger partial charge in [-0.05, 0) is 55.4 Å². The smallest absolute Gasteiger partial charge is 0.175 e. The van der Waals surface area contributed by atoms with Gasteiger partial charge in [-0.15, -0.1) is 0 Å². The van der Waals surface area contributed by atoms with Gasteiger partial charge in [-0.3, -0.25) is 5.32 Å². The first-order valence-electron chi connectivity index (χ1n) is 8.91. The van der Waals surface area contributed by atoms with Gasteiger partial charge in [0.1, 0.15) is 0 Å². The molecule has 0 saturated carbocycles. The van der Waals surface area contributed by atoms with Crippen LogP contribution >= 0.6 is 23.5 Å². The van der Waals surface area contributed by atoms with Gasteiger partial charge in [-0.1, -0.05) is 12.1 Å². The molecule has 0 amide bonds. The molecule has 140 valence electrons. The summed E-state index contributed by atoms with van der Waals surface area (Å²) in [6, 6.07) is 7.65. The van der Waals surface area contributed by atoms with Crippen molar-refractivity contribution >= 4 is 33.4 Å². The summed E-state index contributed by atoms with van der Waals surface area (Å²) in [5, 5.41) is 8.74. The molecule has 4 nitrogen and oxygen atoms in total. The molecule has 2 saturated heterocycles. The Morgan fingerprint density at radius 1 is 1.24 bits per heavy atom. The summed E-state index contributed by atoms with van der Waals surface area (Å²) in [5.74, 6) is 1.30. The molecule has 7 heteroatoms. The van der Waals surface area contributed by atoms with Crippen molar-refractivity contribution in [3.8, 4) is 0 Å². The second-order valence-electron chi connectivity index (χ2n) is 6.93. The van der Waals surface area contributed by atoms with Crippen LogP contribution in [0.4, 0.5) is 0 Å². The molecular formula is C18H28N2O2S3. The van der Waals surface area contributed by atoms with E-state index in [0.29, 0.717) is 16.3 Å². The normalized spacial score (nSPS) is 30.5. The molecular weight excluding hydrogens is 372 g/mol. The molecule has 1 aromatic carbocycles. The number of benzene rings is 1. The second kappa shape index (κ2) is 8.65. The minimum absolute atomic E-state index is 0.256. The van der Waals surface area contributed by atoms with Crippen LogP contribution in [0.25, 0.3) is 0 Å². The Kier molecular flexibility index (Phi) is 6.77. The molecule has 0 spiro atoms. The first kappa shape index (κ1) is 19.5. The third kappa shape index (κ3) is 5.16. The summed E-state index contributed by atoms with van der Waals surface area (Å²) in [7, 11) is -3.14. The van der Waals surface area contributed by atoms with E-state index < -0.39 is 9.84 Å². The topological polar surface area (TPSA) is 58.2 Å². The number of nitrogens with one attached hydrogen (secondary N) is 2. The Bertz CT molecular complexity index is 657. The minimum Gasteiger partial charge on any atom is -0.301 e. The van der Waals surface area contributed by atoms with Crippen LogP contribution in [0.1, 0.15) is 37.3 Å². The van der Waals surface area contributed by atoms with Gasteiger partial charge >= 0.3 is 0 Å². The van der Waals surface area contributed by atoms with Gasteiger partial charge in [-0.2, -0.15) is 23.5 Å². The first-order valence-corrected chi connectivity index (χ1v) is 13.1. The van der Waals surface area contributed by atoms with Gasteiger partial charge in [0.2, 0.25) is 0 Å². The lowest BCUT2D eigenvalue weighted by molar-refractivity contribution is 0.291. The molecule has 0 aromatic heterocycles. The zero-order chi connectivity index (χ0) is 17.9. The minimum atomic E-state index is -3.14. The van der Waals surface area contributed by atoms with Gasteiger partial charge in [0.25, 0.3) is 0 Å². The summed E-state index contributed by atoms with van der Waals surface area (Å²) >= 11 is 3.98. The second-order valence-corrected chi connectivity index (χ2v) is 11.4. The summed E-state index contributed by atoms with van der Waals surface area (Å²) < 4.78 is 23.3. The van der Waals surface area contributed by atoms with Crippen LogP contribution in [-0.4, -0.2) is 49.9 Å². The highest BCUT2D eigenvalue weighted by Gasteiger charge is 2.31. The number of rotatable bonds is 6. The maximum Gasteiger partial charge on any atom is 0.175 e. The molecule has 2 heterocycles. The number of piperidine rings is 1. The zero-order valence-electron chi connectivity index (χ0n) is 14.9. The Labute approximate surface area is 160 Å². The van der Waals surface area contributed by atoms with Crippen LogP contribution < -0.4 is 10.6 Å². The van der Waals surface area contributed by atoms with E-state index in [9.17, 15) is 8.42 Å². The van der Waals surface area contributed by atoms with Gasteiger partial charge in [-0.25, -0.2) is 8.42 Å². The van der Waals surface area contributed by atoms with Gasteiger partial charge in [0.05, 0.1) is 11.1 Å². The number of thioether (sulfide) groups is 2. The molecule has 2 N–H and O–H groups in total. The fourth-order valence-electron chi connectivity index (χ4n) is 3.63. The van der Waals surface area contributed by atoms with Crippen molar-refractivity contribution in [3.63, 3.8) is 0 Å². The highest BCUT2D eigenvalue weighted by atomic mass is 32.2. The Hall–Kier alpha value is -0.210. The van der Waals surface area contributed by atoms with Gasteiger partial charge < -0.3 is 5.32 Å². The lowest BCUT2D eigenvalue weighted by Crippen LogP contribution is -2.51. The lowest BCUT2D eigenvalue weighted by Gasteiger charge is -2.38. The Balaban J connectivity index is 1.66. The Morgan fingerprint density at radius 3 is 2.60 bits per heavy atom. The highest BCUT2D eigenvalue weighted by molar-refractivity contribution is 8.00. The molecule has 3 rings (SSSR count). The average Bonchev–Trinajstić information content (AvgIpc) is 3.12. The summed E-state index contributed by atoms with van der Waals surface area (Å²) in [4.78, 5) is 0.390. The van der Waals surface area contributed by atoms with Crippen molar-refractivity contribution in [1.29, 1.82) is 0 Å². The lowest BCUT2D eigenvalue weighted by atomic mass is 9.95. The Morgan fingerprint density at radius 2 is 2.00 bits per heavy atom. The van der Waals surface area contributed by atoms with E-state index in [2.05, 4.69) is 28.7 Å². The van der Waals surface area contributed by atoms with Crippen molar-refractivity contribution in [2.45, 2.75) is 53.3 Å². The van der Waals surface area contributed by atoms with E-state index in [0.717, 1.165) is 18.2 Å². The number of hydrogen-bond acceptors (Lipinski definition) is 6. The van der Waals surface area contributed by atoms with Gasteiger partial charge in [0.15, 0.2) is 9.84 Å². The molecule has 2 aliphatic rings. The molecule has 4 atom stereocenters. The fraction of sp³-hybridized carbons (Fsp3) is 0.667. The largest absolute Gasteiger partial charge is 0.301 e. The van der Waals surface area contributed by atoms with Crippen LogP contribution in [-0.2, 0) is 9.84 Å². The van der Waals surface area contributed by atoms with Crippen LogP contribution in [0.3, 0.4) is 0 Å². The van der Waals surface area contributed by atoms with E-state index in [-0.39, 0.29) is 6.04 Å². The SMILES string of the molecule is CSC1CCC(NCC2CCCS2)NC1c1ccc(S(C)(=O)=O)cc1. The van der Waals surface area contributed by atoms with E-state index >= 15 is 0 Å². The maximum absolute atomic E-state index is 11.7. The quantitative estimate of drug-likeness (QED) is 0.765. The molecule has 0 bridgehead atoms. The summed E-state index contributed by atoms with van der Waals surface area (Å²) in [6.45, 7) is 1.08. The van der Waals surface area contributed by atoms with E-state index in [1.165, 1.54) is 36.8 Å². The standard InChI is InChI=1S/C18H28N2O2S3/c1-23-16-9-10-17(19-12-14-4-3-11-24-14)20-18(16)13-5-7-15(8-6-13)25(2,21)22/h5-8,14,16-20H,3-4,9-12H2,1-2H3. The summed E-state index contributed by atoms with van der Waals surface area (Å²) in [6.07, 6.45) is 8.74. The molecule has 0 radical (unpaired) electrons. The molecule has 2 fully saturated rings. The highest BCUT2D eigenvalue weighted by Crippen LogP contribution is 2.34. The number of hydrogen-bond donors (Lipinski definition) is 2. The summed E-state index contributed by atoms with van der Waals surface area (Å²) in [5.41, 5.74) is 1.17. The maximum atomic E-state index is 11.7. The van der Waals surface area contributed by atoms with Crippen LogP contribution in [0.15, 0.2) is 29.2 Å². The molecule has 2 aliphatic heterocycles. The fourth-order valence-corrected chi connectivity index (χ4v) is 6.36. The van der Waals surface area contributed by atoms with Crippen LogP contribution in [0.2, 0.25) is 0 Å². The molecule has 25 heavy (non-hydrogen) atoms. The van der Waals surface area contributed by atoms with Crippen molar-refractivity contribution in [2.24, 2.45) is 0 Å². The van der Waals surface area contributed by atoms with Crippen molar-refractivity contribution in [2.75, 3.05) is 24.8 Å². The molecule has 1 aromatic rings. The van der Waals surface area contributed by atoms with Crippen LogP contribution in [0.5, 0.6) is 0 Å². The number of sulfone groups is 1. The van der Waals surface area contributed by atoms with E-state index in [1.807, 2.05) is 23.9 Å². The predicted molar refractivity (Wildman–Crippen MR) is 109 cm³/mol. The van der Waals surface area contributed by atoms with Gasteiger partial charge in [0, 0.05) is 29.3 Å². The van der Waals surface area contributed by atoms with E-state index in [1.54, 1.807) is 12.1 Å².